The number of rotatable bonds is 16. The van der Waals surface area contributed by atoms with Crippen LogP contribution in [0.15, 0.2) is 30.3 Å². The van der Waals surface area contributed by atoms with E-state index in [0.29, 0.717) is 5.56 Å². The van der Waals surface area contributed by atoms with Crippen molar-refractivity contribution in [2.24, 2.45) is 11.8 Å². The summed E-state index contributed by atoms with van der Waals surface area (Å²) in [5, 5.41) is 61.5. The van der Waals surface area contributed by atoms with E-state index in [1.54, 1.807) is 37.4 Å². The van der Waals surface area contributed by atoms with Crippen LogP contribution in [-0.2, 0) is 19.2 Å². The van der Waals surface area contributed by atoms with Gasteiger partial charge in [0.2, 0.25) is 11.8 Å². The summed E-state index contributed by atoms with van der Waals surface area (Å²) in [5.74, 6) is -3.87. The van der Waals surface area contributed by atoms with E-state index >= 15 is 0 Å². The van der Waals surface area contributed by atoms with Crippen molar-refractivity contribution in [3.8, 4) is 0 Å². The zero-order valence-electron chi connectivity index (χ0n) is 23.8. The van der Waals surface area contributed by atoms with Gasteiger partial charge in [0.15, 0.2) is 11.8 Å². The molecule has 0 fully saturated rings. The smallest absolute Gasteiger partial charge is 0.305 e. The zero-order valence-corrected chi connectivity index (χ0v) is 23.8. The van der Waals surface area contributed by atoms with E-state index in [2.05, 4.69) is 21.3 Å². The Labute approximate surface area is 234 Å². The van der Waals surface area contributed by atoms with Crippen molar-refractivity contribution in [1.82, 2.24) is 21.3 Å². The van der Waals surface area contributed by atoms with Crippen LogP contribution in [0, 0.1) is 11.8 Å². The first-order valence-corrected chi connectivity index (χ1v) is 13.1. The molecule has 7 atom stereocenters. The molecular formula is C27H44N4O9. The first-order chi connectivity index (χ1) is 18.5. The minimum Gasteiger partial charge on any atom is -0.481 e. The van der Waals surface area contributed by atoms with Gasteiger partial charge in [0.25, 0.3) is 5.91 Å². The fourth-order valence-corrected chi connectivity index (χ4v) is 4.17. The molecule has 0 unspecified atom stereocenters. The predicted octanol–water partition coefficient (Wildman–Crippen LogP) is -0.999. The summed E-state index contributed by atoms with van der Waals surface area (Å²) in [6, 6.07) is 5.33. The van der Waals surface area contributed by atoms with Crippen molar-refractivity contribution < 1.29 is 44.7 Å². The van der Waals surface area contributed by atoms with Gasteiger partial charge in [-0.25, -0.2) is 0 Å². The maximum Gasteiger partial charge on any atom is 0.305 e. The van der Waals surface area contributed by atoms with Gasteiger partial charge in [-0.3, -0.25) is 19.2 Å². The lowest BCUT2D eigenvalue weighted by Gasteiger charge is -2.36. The zero-order chi connectivity index (χ0) is 30.8. The molecular weight excluding hydrogens is 524 g/mol. The molecule has 40 heavy (non-hydrogen) atoms. The van der Waals surface area contributed by atoms with Crippen molar-refractivity contribution in [1.29, 1.82) is 0 Å². The first-order valence-electron chi connectivity index (χ1n) is 13.1. The van der Waals surface area contributed by atoms with Crippen LogP contribution < -0.4 is 21.3 Å². The second kappa shape index (κ2) is 15.6. The van der Waals surface area contributed by atoms with Crippen LogP contribution in [0.4, 0.5) is 0 Å². The Morgan fingerprint density at radius 2 is 1.48 bits per heavy atom. The topological polar surface area (TPSA) is 218 Å². The highest BCUT2D eigenvalue weighted by atomic mass is 16.4. The summed E-state index contributed by atoms with van der Waals surface area (Å²) in [4.78, 5) is 49.7. The first kappa shape index (κ1) is 34.9. The lowest BCUT2D eigenvalue weighted by molar-refractivity contribution is -0.172. The highest BCUT2D eigenvalue weighted by Gasteiger charge is 2.43. The van der Waals surface area contributed by atoms with E-state index in [-0.39, 0.29) is 18.3 Å². The van der Waals surface area contributed by atoms with Gasteiger partial charge >= 0.3 is 5.97 Å². The predicted molar refractivity (Wildman–Crippen MR) is 145 cm³/mol. The molecule has 0 aliphatic rings. The standard InChI is InChI=1S/C27H44N4O9/c1-14(2)12-18(30-25(38)20(28-6)15(3)4)24(37)31-27(5,40)23(36)21(34)22(35)26(39)29-17(13-19(32)33)16-10-8-7-9-11-16/h7-11,14-15,17-18,20-23,28,34-36,40H,12-13H2,1-6H3,(H,29,39)(H,30,38)(H,31,37)(H,32,33)/t17-,18-,20-,21-,22-,23+,27-/m0/s1. The second-order valence-corrected chi connectivity index (χ2v) is 10.8. The van der Waals surface area contributed by atoms with Crippen LogP contribution in [0.5, 0.6) is 0 Å². The Hall–Kier alpha value is -3.10. The summed E-state index contributed by atoms with van der Waals surface area (Å²) in [6.07, 6.45) is -7.18. The lowest BCUT2D eigenvalue weighted by Crippen LogP contribution is -2.65. The summed E-state index contributed by atoms with van der Waals surface area (Å²) >= 11 is 0. The Kier molecular flexibility index (Phi) is 13.6. The number of hydrogen-bond donors (Lipinski definition) is 9. The SMILES string of the molecule is CN[C@H](C(=O)N[C@@H](CC(C)C)C(=O)N[C@@](C)(O)[C@H](O)[C@@H](O)[C@H](O)C(=O)N[C@@H](CC(=O)O)c1ccccc1)C(C)C. The van der Waals surface area contributed by atoms with Gasteiger partial charge in [-0.2, -0.15) is 0 Å². The molecule has 0 aromatic heterocycles. The largest absolute Gasteiger partial charge is 0.481 e. The lowest BCUT2D eigenvalue weighted by atomic mass is 9.96. The van der Waals surface area contributed by atoms with E-state index < -0.39 is 72.3 Å². The fourth-order valence-electron chi connectivity index (χ4n) is 4.17. The summed E-state index contributed by atoms with van der Waals surface area (Å²) in [6.45, 7) is 8.25. The van der Waals surface area contributed by atoms with Crippen LogP contribution in [0.3, 0.4) is 0 Å². The number of amides is 3. The van der Waals surface area contributed by atoms with E-state index in [4.69, 9.17) is 0 Å². The molecule has 1 aromatic carbocycles. The van der Waals surface area contributed by atoms with Crippen molar-refractivity contribution in [3.05, 3.63) is 35.9 Å². The van der Waals surface area contributed by atoms with Gasteiger partial charge in [-0.1, -0.05) is 58.0 Å². The maximum atomic E-state index is 13.1. The second-order valence-electron chi connectivity index (χ2n) is 10.8. The van der Waals surface area contributed by atoms with E-state index in [0.717, 1.165) is 6.92 Å². The van der Waals surface area contributed by atoms with Crippen molar-refractivity contribution >= 4 is 23.7 Å². The molecule has 0 spiro atoms. The minimum atomic E-state index is -2.54. The van der Waals surface area contributed by atoms with Crippen LogP contribution in [0.25, 0.3) is 0 Å². The van der Waals surface area contributed by atoms with Crippen molar-refractivity contribution in [3.63, 3.8) is 0 Å². The monoisotopic (exact) mass is 568 g/mol. The molecule has 0 bridgehead atoms. The average molecular weight is 569 g/mol. The number of carbonyl (C=O) groups excluding carboxylic acids is 3. The number of aliphatic carboxylic acids is 1. The Balaban J connectivity index is 3.00. The average Bonchev–Trinajstić information content (AvgIpc) is 2.86. The normalized spacial score (nSPS) is 17.6. The number of benzene rings is 1. The fraction of sp³-hybridized carbons (Fsp3) is 0.630. The van der Waals surface area contributed by atoms with Gasteiger partial charge < -0.3 is 46.8 Å². The van der Waals surface area contributed by atoms with Gasteiger partial charge in [-0.05, 0) is 37.8 Å². The molecule has 0 saturated carbocycles. The number of likely N-dealkylation sites (N-methyl/N-ethyl adjacent to an activating group) is 1. The summed E-state index contributed by atoms with van der Waals surface area (Å²) in [5.41, 5.74) is -2.12. The highest BCUT2D eigenvalue weighted by molar-refractivity contribution is 5.90. The number of aliphatic hydroxyl groups excluding tert-OH is 3. The molecule has 226 valence electrons. The third-order valence-corrected chi connectivity index (χ3v) is 6.37. The van der Waals surface area contributed by atoms with Crippen molar-refractivity contribution in [2.45, 2.75) is 89.6 Å². The Bertz CT molecular complexity index is 987. The van der Waals surface area contributed by atoms with Crippen LogP contribution in [0.1, 0.15) is 59.1 Å². The van der Waals surface area contributed by atoms with E-state index in [1.165, 1.54) is 0 Å². The molecule has 3 amide bonds. The quantitative estimate of drug-likeness (QED) is 0.111. The number of carboxylic acids is 1. The minimum absolute atomic E-state index is 0.0440. The number of hydrogen-bond acceptors (Lipinski definition) is 9. The van der Waals surface area contributed by atoms with E-state index in [1.807, 2.05) is 27.7 Å². The number of aliphatic hydroxyl groups is 4. The van der Waals surface area contributed by atoms with Gasteiger partial charge in [0.1, 0.15) is 18.2 Å². The molecule has 9 N–H and O–H groups in total. The molecule has 0 aliphatic carbocycles. The molecule has 13 nitrogen and oxygen atoms in total. The molecule has 0 saturated heterocycles. The van der Waals surface area contributed by atoms with Crippen molar-refractivity contribution in [2.75, 3.05) is 7.05 Å². The van der Waals surface area contributed by atoms with Crippen LogP contribution in [-0.4, -0.2) is 92.4 Å². The molecule has 0 heterocycles. The van der Waals surface area contributed by atoms with Crippen LogP contribution >= 0.6 is 0 Å². The van der Waals surface area contributed by atoms with Gasteiger partial charge in [0.05, 0.1) is 18.5 Å². The molecule has 0 aliphatic heterocycles. The number of carbonyl (C=O) groups is 4. The third kappa shape index (κ3) is 10.5. The Morgan fingerprint density at radius 3 is 1.95 bits per heavy atom. The summed E-state index contributed by atoms with van der Waals surface area (Å²) in [7, 11) is 1.61. The van der Waals surface area contributed by atoms with Gasteiger partial charge in [0, 0.05) is 0 Å². The highest BCUT2D eigenvalue weighted by Crippen LogP contribution is 2.19. The summed E-state index contributed by atoms with van der Waals surface area (Å²) < 4.78 is 0. The van der Waals surface area contributed by atoms with E-state index in [9.17, 15) is 44.7 Å². The molecule has 1 rings (SSSR count). The molecule has 13 heteroatoms. The maximum absolute atomic E-state index is 13.1. The third-order valence-electron chi connectivity index (χ3n) is 6.37. The molecule has 0 radical (unpaired) electrons. The van der Waals surface area contributed by atoms with Crippen LogP contribution in [0.2, 0.25) is 0 Å². The number of carboxylic acid groups (broad SMARTS) is 1. The molecule has 1 aromatic rings. The van der Waals surface area contributed by atoms with Gasteiger partial charge in [-0.15, -0.1) is 0 Å². The Morgan fingerprint density at radius 1 is 0.900 bits per heavy atom. The number of nitrogens with one attached hydrogen (secondary N) is 4.